The molecule has 0 saturated heterocycles. The molecule has 0 aliphatic heterocycles. The molecule has 0 atom stereocenters. The molecule has 0 amide bonds. The van der Waals surface area contributed by atoms with Gasteiger partial charge in [-0.05, 0) is 29.0 Å². The fourth-order valence-electron chi connectivity index (χ4n) is 0.951. The SMILES string of the molecule is CCc1ccc(/C=C/S)cc1. The number of aryl methyl sites for hydroxylation is 1. The van der Waals surface area contributed by atoms with E-state index >= 15 is 0 Å². The molecule has 0 spiro atoms. The van der Waals surface area contributed by atoms with E-state index in [-0.39, 0.29) is 0 Å². The van der Waals surface area contributed by atoms with Crippen molar-refractivity contribution >= 4 is 18.7 Å². The van der Waals surface area contributed by atoms with Gasteiger partial charge in [-0.3, -0.25) is 0 Å². The summed E-state index contributed by atoms with van der Waals surface area (Å²) in [4.78, 5) is 0. The second kappa shape index (κ2) is 4.24. The third-order valence-corrected chi connectivity index (χ3v) is 1.80. The van der Waals surface area contributed by atoms with Crippen molar-refractivity contribution in [3.63, 3.8) is 0 Å². The molecule has 0 aromatic heterocycles. The lowest BCUT2D eigenvalue weighted by Crippen LogP contribution is -1.78. The van der Waals surface area contributed by atoms with E-state index in [0.717, 1.165) is 6.42 Å². The number of benzene rings is 1. The molecule has 1 rings (SSSR count). The zero-order valence-electron chi connectivity index (χ0n) is 6.62. The van der Waals surface area contributed by atoms with E-state index in [1.807, 2.05) is 6.08 Å². The van der Waals surface area contributed by atoms with Crippen molar-refractivity contribution in [1.29, 1.82) is 0 Å². The second-order valence-electron chi connectivity index (χ2n) is 2.41. The molecule has 0 aliphatic carbocycles. The van der Waals surface area contributed by atoms with Gasteiger partial charge in [0, 0.05) is 0 Å². The van der Waals surface area contributed by atoms with Crippen LogP contribution >= 0.6 is 12.6 Å². The van der Waals surface area contributed by atoms with Gasteiger partial charge in [0.1, 0.15) is 0 Å². The van der Waals surface area contributed by atoms with Gasteiger partial charge in [0.25, 0.3) is 0 Å². The van der Waals surface area contributed by atoms with Crippen LogP contribution in [0.5, 0.6) is 0 Å². The van der Waals surface area contributed by atoms with Gasteiger partial charge in [-0.2, -0.15) is 12.6 Å². The van der Waals surface area contributed by atoms with E-state index in [1.54, 1.807) is 5.41 Å². The lowest BCUT2D eigenvalue weighted by atomic mass is 10.1. The summed E-state index contributed by atoms with van der Waals surface area (Å²) in [5, 5.41) is 1.75. The van der Waals surface area contributed by atoms with Crippen LogP contribution in [0.15, 0.2) is 29.7 Å². The predicted octanol–water partition coefficient (Wildman–Crippen LogP) is 3.15. The topological polar surface area (TPSA) is 0 Å². The Morgan fingerprint density at radius 1 is 1.27 bits per heavy atom. The maximum Gasteiger partial charge on any atom is -0.0251 e. The van der Waals surface area contributed by atoms with Crippen LogP contribution in [-0.2, 0) is 6.42 Å². The number of rotatable bonds is 2. The Hall–Kier alpha value is -0.690. The van der Waals surface area contributed by atoms with Gasteiger partial charge >= 0.3 is 0 Å². The average molecular weight is 164 g/mol. The molecule has 0 N–H and O–H groups in total. The Balaban J connectivity index is 2.82. The minimum atomic E-state index is 1.10. The molecule has 0 radical (unpaired) electrons. The van der Waals surface area contributed by atoms with Crippen LogP contribution in [0, 0.1) is 0 Å². The van der Waals surface area contributed by atoms with Crippen molar-refractivity contribution in [3.8, 4) is 0 Å². The summed E-state index contributed by atoms with van der Waals surface area (Å²) in [7, 11) is 0. The van der Waals surface area contributed by atoms with E-state index in [2.05, 4.69) is 43.8 Å². The van der Waals surface area contributed by atoms with Gasteiger partial charge in [-0.25, -0.2) is 0 Å². The Morgan fingerprint density at radius 3 is 2.36 bits per heavy atom. The Kier molecular flexibility index (Phi) is 3.24. The molecule has 1 aromatic rings. The van der Waals surface area contributed by atoms with Crippen LogP contribution in [-0.4, -0.2) is 0 Å². The first-order valence-electron chi connectivity index (χ1n) is 3.76. The van der Waals surface area contributed by atoms with E-state index in [0.29, 0.717) is 0 Å². The quantitative estimate of drug-likeness (QED) is 0.638. The highest BCUT2D eigenvalue weighted by Gasteiger charge is 1.87. The van der Waals surface area contributed by atoms with E-state index in [1.165, 1.54) is 11.1 Å². The molecule has 0 aliphatic rings. The van der Waals surface area contributed by atoms with Crippen LogP contribution in [0.4, 0.5) is 0 Å². The van der Waals surface area contributed by atoms with E-state index < -0.39 is 0 Å². The van der Waals surface area contributed by atoms with Gasteiger partial charge in [-0.1, -0.05) is 31.2 Å². The van der Waals surface area contributed by atoms with Crippen molar-refractivity contribution in [2.24, 2.45) is 0 Å². The number of hydrogen-bond donors (Lipinski definition) is 1. The molecule has 11 heavy (non-hydrogen) atoms. The predicted molar refractivity (Wildman–Crippen MR) is 53.8 cm³/mol. The standard InChI is InChI=1S/C10H12S/c1-2-9-3-5-10(6-4-9)7-8-11/h3-8,11H,2H2,1H3/b8-7+. The molecule has 0 nitrogen and oxygen atoms in total. The molecular formula is C10H12S. The van der Waals surface area contributed by atoms with Crippen LogP contribution in [0.3, 0.4) is 0 Å². The smallest absolute Gasteiger partial charge is 0.0251 e. The fourth-order valence-corrected chi connectivity index (χ4v) is 1.12. The first-order chi connectivity index (χ1) is 5.36. The van der Waals surface area contributed by atoms with Crippen molar-refractivity contribution in [1.82, 2.24) is 0 Å². The molecule has 1 aromatic carbocycles. The maximum atomic E-state index is 4.00. The highest BCUT2D eigenvalue weighted by atomic mass is 32.1. The molecule has 1 heteroatoms. The molecule has 0 heterocycles. The second-order valence-corrected chi connectivity index (χ2v) is 2.71. The fraction of sp³-hybridized carbons (Fsp3) is 0.200. The van der Waals surface area contributed by atoms with Crippen LogP contribution in [0.25, 0.3) is 6.08 Å². The zero-order valence-corrected chi connectivity index (χ0v) is 7.51. The highest BCUT2D eigenvalue weighted by molar-refractivity contribution is 7.83. The Labute approximate surface area is 73.4 Å². The summed E-state index contributed by atoms with van der Waals surface area (Å²) in [5.41, 5.74) is 2.58. The minimum Gasteiger partial charge on any atom is -0.151 e. The van der Waals surface area contributed by atoms with Crippen molar-refractivity contribution < 1.29 is 0 Å². The molecular weight excluding hydrogens is 152 g/mol. The largest absolute Gasteiger partial charge is 0.151 e. The first-order valence-corrected chi connectivity index (χ1v) is 4.28. The monoisotopic (exact) mass is 164 g/mol. The molecule has 0 unspecified atom stereocenters. The summed E-state index contributed by atoms with van der Waals surface area (Å²) in [6.07, 6.45) is 3.08. The highest BCUT2D eigenvalue weighted by Crippen LogP contribution is 2.06. The maximum absolute atomic E-state index is 4.00. The van der Waals surface area contributed by atoms with Crippen molar-refractivity contribution in [3.05, 3.63) is 40.8 Å². The zero-order chi connectivity index (χ0) is 8.10. The van der Waals surface area contributed by atoms with Gasteiger partial charge < -0.3 is 0 Å². The molecule has 58 valence electrons. The molecule has 0 saturated carbocycles. The minimum absolute atomic E-state index is 1.10. The van der Waals surface area contributed by atoms with Crippen LogP contribution in [0.1, 0.15) is 18.1 Å². The van der Waals surface area contributed by atoms with Crippen LogP contribution < -0.4 is 0 Å². The summed E-state index contributed by atoms with van der Waals surface area (Å²) in [5.74, 6) is 0. The molecule has 0 fully saturated rings. The van der Waals surface area contributed by atoms with E-state index in [4.69, 9.17) is 0 Å². The van der Waals surface area contributed by atoms with Gasteiger partial charge in [0.2, 0.25) is 0 Å². The first kappa shape index (κ1) is 8.41. The third-order valence-electron chi connectivity index (χ3n) is 1.65. The van der Waals surface area contributed by atoms with Gasteiger partial charge in [0.15, 0.2) is 0 Å². The normalized spacial score (nSPS) is 10.7. The van der Waals surface area contributed by atoms with E-state index in [9.17, 15) is 0 Å². The van der Waals surface area contributed by atoms with Crippen LogP contribution in [0.2, 0.25) is 0 Å². The molecule has 0 bridgehead atoms. The Morgan fingerprint density at radius 2 is 1.91 bits per heavy atom. The lowest BCUT2D eigenvalue weighted by Gasteiger charge is -1.95. The number of thiol groups is 1. The summed E-state index contributed by atoms with van der Waals surface area (Å²) < 4.78 is 0. The summed E-state index contributed by atoms with van der Waals surface area (Å²) in [6.45, 7) is 2.16. The Bertz CT molecular complexity index is 234. The van der Waals surface area contributed by atoms with Crippen molar-refractivity contribution in [2.75, 3.05) is 0 Å². The van der Waals surface area contributed by atoms with Gasteiger partial charge in [-0.15, -0.1) is 0 Å². The summed E-state index contributed by atoms with van der Waals surface area (Å²) >= 11 is 4.00. The van der Waals surface area contributed by atoms with Crippen molar-refractivity contribution in [2.45, 2.75) is 13.3 Å². The summed E-state index contributed by atoms with van der Waals surface area (Å²) in [6, 6.07) is 8.49. The lowest BCUT2D eigenvalue weighted by molar-refractivity contribution is 1.14. The average Bonchev–Trinajstić information content (AvgIpc) is 2.07. The third kappa shape index (κ3) is 2.43. The van der Waals surface area contributed by atoms with Gasteiger partial charge in [0.05, 0.1) is 0 Å². The number of hydrogen-bond acceptors (Lipinski definition) is 1.